The Bertz CT molecular complexity index is 569. The number of rotatable bonds is 3. The zero-order valence-corrected chi connectivity index (χ0v) is 10.5. The molecule has 0 unspecified atom stereocenters. The number of carbonyl (C=O) groups excluding carboxylic acids is 1. The van der Waals surface area contributed by atoms with Gasteiger partial charge in [0.2, 0.25) is 0 Å². The van der Waals surface area contributed by atoms with Crippen molar-refractivity contribution in [1.29, 1.82) is 0 Å². The van der Waals surface area contributed by atoms with Gasteiger partial charge in [-0.25, -0.2) is 4.98 Å². The van der Waals surface area contributed by atoms with Crippen molar-refractivity contribution in [2.45, 2.75) is 25.7 Å². The third-order valence-electron chi connectivity index (χ3n) is 3.05. The summed E-state index contributed by atoms with van der Waals surface area (Å²) < 4.78 is 0. The maximum Gasteiger partial charge on any atom is 0.178 e. The van der Waals surface area contributed by atoms with Gasteiger partial charge in [-0.3, -0.25) is 4.79 Å². The number of hydrogen-bond acceptors (Lipinski definition) is 3. The molecule has 0 N–H and O–H groups in total. The van der Waals surface area contributed by atoms with Crippen molar-refractivity contribution in [2.75, 3.05) is 0 Å². The highest BCUT2D eigenvalue weighted by Crippen LogP contribution is 2.41. The number of nitrogens with zero attached hydrogens (tertiary/aromatic N) is 1. The Morgan fingerprint density at radius 1 is 1.41 bits per heavy atom. The van der Waals surface area contributed by atoms with Gasteiger partial charge in [-0.05, 0) is 30.4 Å². The Balaban J connectivity index is 1.96. The SMILES string of the molecule is CC(=O)c1csc(-c2cccc(C3CC3)c2)n1. The first-order valence-corrected chi connectivity index (χ1v) is 6.69. The van der Waals surface area contributed by atoms with Crippen LogP contribution < -0.4 is 0 Å². The van der Waals surface area contributed by atoms with E-state index in [1.165, 1.54) is 29.7 Å². The minimum Gasteiger partial charge on any atom is -0.293 e. The lowest BCUT2D eigenvalue weighted by Gasteiger charge is -2.00. The molecule has 3 rings (SSSR count). The third kappa shape index (κ3) is 2.15. The zero-order chi connectivity index (χ0) is 11.8. The van der Waals surface area contributed by atoms with E-state index in [0.717, 1.165) is 16.5 Å². The summed E-state index contributed by atoms with van der Waals surface area (Å²) in [5.74, 6) is 0.785. The summed E-state index contributed by atoms with van der Waals surface area (Å²) in [5.41, 5.74) is 3.11. The zero-order valence-electron chi connectivity index (χ0n) is 9.64. The highest BCUT2D eigenvalue weighted by Gasteiger charge is 2.23. The molecule has 0 aliphatic heterocycles. The average Bonchev–Trinajstić information content (AvgIpc) is 3.06. The van der Waals surface area contributed by atoms with Gasteiger partial charge < -0.3 is 0 Å². The fourth-order valence-corrected chi connectivity index (χ4v) is 2.77. The van der Waals surface area contributed by atoms with Gasteiger partial charge in [-0.15, -0.1) is 11.3 Å². The number of Topliss-reactive ketones (excluding diaryl/α,β-unsaturated/α-hetero) is 1. The molecule has 2 nitrogen and oxygen atoms in total. The molecule has 1 aromatic carbocycles. The van der Waals surface area contributed by atoms with Gasteiger partial charge in [0, 0.05) is 17.9 Å². The van der Waals surface area contributed by atoms with Gasteiger partial charge in [0.15, 0.2) is 5.78 Å². The first kappa shape index (κ1) is 10.7. The monoisotopic (exact) mass is 243 g/mol. The molecule has 0 atom stereocenters. The van der Waals surface area contributed by atoms with Crippen LogP contribution >= 0.6 is 11.3 Å². The van der Waals surface area contributed by atoms with E-state index in [1.54, 1.807) is 6.92 Å². The maximum absolute atomic E-state index is 11.2. The standard InChI is InChI=1S/C14H13NOS/c1-9(16)13-8-17-14(15-13)12-4-2-3-11(7-12)10-5-6-10/h2-4,7-8,10H,5-6H2,1H3. The molecule has 17 heavy (non-hydrogen) atoms. The number of ketones is 1. The van der Waals surface area contributed by atoms with Gasteiger partial charge in [-0.1, -0.05) is 18.2 Å². The van der Waals surface area contributed by atoms with Gasteiger partial charge in [0.1, 0.15) is 10.7 Å². The maximum atomic E-state index is 11.2. The molecule has 1 saturated carbocycles. The normalized spacial score (nSPS) is 14.9. The summed E-state index contributed by atoms with van der Waals surface area (Å²) in [6.07, 6.45) is 2.61. The quantitative estimate of drug-likeness (QED) is 0.765. The van der Waals surface area contributed by atoms with Crippen LogP contribution in [0.15, 0.2) is 29.6 Å². The van der Waals surface area contributed by atoms with Crippen molar-refractivity contribution in [1.82, 2.24) is 4.98 Å². The third-order valence-corrected chi connectivity index (χ3v) is 3.94. The Morgan fingerprint density at radius 3 is 2.88 bits per heavy atom. The molecule has 0 saturated heterocycles. The minimum absolute atomic E-state index is 0.0332. The van der Waals surface area contributed by atoms with E-state index < -0.39 is 0 Å². The van der Waals surface area contributed by atoms with E-state index in [9.17, 15) is 4.79 Å². The molecule has 0 spiro atoms. The predicted molar refractivity (Wildman–Crippen MR) is 69.5 cm³/mol. The Kier molecular flexibility index (Phi) is 2.56. The lowest BCUT2D eigenvalue weighted by molar-refractivity contribution is 0.101. The van der Waals surface area contributed by atoms with Gasteiger partial charge in [0.25, 0.3) is 0 Å². The van der Waals surface area contributed by atoms with Crippen LogP contribution in [0.1, 0.15) is 41.7 Å². The molecule has 1 aromatic heterocycles. The van der Waals surface area contributed by atoms with E-state index in [0.29, 0.717) is 5.69 Å². The summed E-state index contributed by atoms with van der Waals surface area (Å²) in [7, 11) is 0. The molecule has 1 fully saturated rings. The van der Waals surface area contributed by atoms with Gasteiger partial charge in [0.05, 0.1) is 0 Å². The van der Waals surface area contributed by atoms with Crippen molar-refractivity contribution in [3.63, 3.8) is 0 Å². The number of thiazole rings is 1. The van der Waals surface area contributed by atoms with E-state index in [4.69, 9.17) is 0 Å². The largest absolute Gasteiger partial charge is 0.293 e. The molecule has 0 radical (unpaired) electrons. The summed E-state index contributed by atoms with van der Waals surface area (Å²) in [4.78, 5) is 15.6. The van der Waals surface area contributed by atoms with Crippen molar-refractivity contribution in [3.05, 3.63) is 40.9 Å². The second-order valence-electron chi connectivity index (χ2n) is 4.49. The van der Waals surface area contributed by atoms with E-state index in [2.05, 4.69) is 29.2 Å². The lowest BCUT2D eigenvalue weighted by Crippen LogP contribution is -1.91. The lowest BCUT2D eigenvalue weighted by atomic mass is 10.1. The first-order chi connectivity index (χ1) is 8.24. The van der Waals surface area contributed by atoms with Crippen LogP contribution in [0.2, 0.25) is 0 Å². The van der Waals surface area contributed by atoms with Gasteiger partial charge >= 0.3 is 0 Å². The second-order valence-corrected chi connectivity index (χ2v) is 5.35. The van der Waals surface area contributed by atoms with E-state index >= 15 is 0 Å². The second kappa shape index (κ2) is 4.08. The van der Waals surface area contributed by atoms with Crippen LogP contribution in [0, 0.1) is 0 Å². The predicted octanol–water partition coefficient (Wildman–Crippen LogP) is 3.89. The molecule has 0 amide bonds. The topological polar surface area (TPSA) is 30.0 Å². The summed E-state index contributed by atoms with van der Waals surface area (Å²) in [5, 5.41) is 2.78. The van der Waals surface area contributed by atoms with Crippen molar-refractivity contribution in [3.8, 4) is 10.6 Å². The molecule has 0 bridgehead atoms. The minimum atomic E-state index is 0.0332. The van der Waals surface area contributed by atoms with E-state index in [-0.39, 0.29) is 5.78 Å². The van der Waals surface area contributed by atoms with Crippen LogP contribution in [0.4, 0.5) is 0 Å². The molecular formula is C14H13NOS. The van der Waals surface area contributed by atoms with Crippen LogP contribution in [0.3, 0.4) is 0 Å². The van der Waals surface area contributed by atoms with Crippen molar-refractivity contribution in [2.24, 2.45) is 0 Å². The Morgan fingerprint density at radius 2 is 2.24 bits per heavy atom. The fraction of sp³-hybridized carbons (Fsp3) is 0.286. The van der Waals surface area contributed by atoms with Gasteiger partial charge in [-0.2, -0.15) is 0 Å². The average molecular weight is 243 g/mol. The summed E-state index contributed by atoms with van der Waals surface area (Å²) in [6, 6.07) is 8.54. The number of aromatic nitrogens is 1. The molecule has 1 heterocycles. The van der Waals surface area contributed by atoms with Crippen LogP contribution in [-0.2, 0) is 0 Å². The number of carbonyl (C=O) groups is 1. The number of hydrogen-bond donors (Lipinski definition) is 0. The molecule has 86 valence electrons. The fourth-order valence-electron chi connectivity index (χ4n) is 1.91. The van der Waals surface area contributed by atoms with Crippen LogP contribution in [0.25, 0.3) is 10.6 Å². The number of benzene rings is 1. The molecule has 1 aliphatic carbocycles. The van der Waals surface area contributed by atoms with Crippen molar-refractivity contribution >= 4 is 17.1 Å². The Labute approximate surface area is 104 Å². The van der Waals surface area contributed by atoms with Crippen molar-refractivity contribution < 1.29 is 4.79 Å². The van der Waals surface area contributed by atoms with E-state index in [1.807, 2.05) is 5.38 Å². The van der Waals surface area contributed by atoms with Crippen LogP contribution in [-0.4, -0.2) is 10.8 Å². The summed E-state index contributed by atoms with van der Waals surface area (Å²) in [6.45, 7) is 1.56. The highest BCUT2D eigenvalue weighted by molar-refractivity contribution is 7.13. The Hall–Kier alpha value is -1.48. The summed E-state index contributed by atoms with van der Waals surface area (Å²) >= 11 is 1.54. The van der Waals surface area contributed by atoms with Crippen LogP contribution in [0.5, 0.6) is 0 Å². The molecule has 3 heteroatoms. The highest BCUT2D eigenvalue weighted by atomic mass is 32.1. The smallest absolute Gasteiger partial charge is 0.178 e. The molecular weight excluding hydrogens is 230 g/mol. The first-order valence-electron chi connectivity index (χ1n) is 5.81. The molecule has 2 aromatic rings. The molecule has 1 aliphatic rings.